The summed E-state index contributed by atoms with van der Waals surface area (Å²) in [4.78, 5) is 19.2. The van der Waals surface area contributed by atoms with Crippen molar-refractivity contribution in [1.82, 2.24) is 9.88 Å². The molecule has 2 aliphatic heterocycles. The highest BCUT2D eigenvalue weighted by molar-refractivity contribution is 5.80. The lowest BCUT2D eigenvalue weighted by atomic mass is 9.92. The molecule has 24 heavy (non-hydrogen) atoms. The first-order chi connectivity index (χ1) is 11.8. The van der Waals surface area contributed by atoms with E-state index in [-0.39, 0.29) is 30.1 Å². The molecule has 4 rings (SSSR count). The number of aromatic nitrogens is 1. The Kier molecular flexibility index (Phi) is 4.52. The van der Waals surface area contributed by atoms with E-state index >= 15 is 0 Å². The maximum Gasteiger partial charge on any atom is 0.226 e. The summed E-state index contributed by atoms with van der Waals surface area (Å²) < 4.78 is 12.1. The number of rotatable bonds is 3. The van der Waals surface area contributed by atoms with Gasteiger partial charge in [0, 0.05) is 18.7 Å². The average Bonchev–Trinajstić information content (AvgIpc) is 3.01. The Morgan fingerprint density at radius 1 is 1.33 bits per heavy atom. The van der Waals surface area contributed by atoms with Gasteiger partial charge in [-0.25, -0.2) is 0 Å². The third kappa shape index (κ3) is 3.05. The van der Waals surface area contributed by atoms with E-state index in [0.717, 1.165) is 44.5 Å². The van der Waals surface area contributed by atoms with Gasteiger partial charge in [-0.3, -0.25) is 9.78 Å². The Bertz CT molecular complexity index is 604. The van der Waals surface area contributed by atoms with Crippen molar-refractivity contribution in [2.75, 3.05) is 13.2 Å². The van der Waals surface area contributed by atoms with Crippen molar-refractivity contribution in [3.8, 4) is 5.75 Å². The Morgan fingerprint density at radius 3 is 3.08 bits per heavy atom. The van der Waals surface area contributed by atoms with Crippen molar-refractivity contribution in [2.45, 2.75) is 50.4 Å². The van der Waals surface area contributed by atoms with Gasteiger partial charge in [-0.05, 0) is 44.2 Å². The molecule has 5 heteroatoms. The highest BCUT2D eigenvalue weighted by Crippen LogP contribution is 2.34. The SMILES string of the molecule is O=C(C1CC=CCC1)N1C[C@@H](Oc2cccnc2)[C@H]2OCCC[C@H]21. The van der Waals surface area contributed by atoms with Crippen LogP contribution in [0.2, 0.25) is 0 Å². The number of carbonyl (C=O) groups is 1. The summed E-state index contributed by atoms with van der Waals surface area (Å²) in [6.45, 7) is 1.37. The van der Waals surface area contributed by atoms with E-state index in [1.54, 1.807) is 12.4 Å². The molecule has 1 aromatic rings. The molecule has 1 aliphatic carbocycles. The topological polar surface area (TPSA) is 51.7 Å². The van der Waals surface area contributed by atoms with Gasteiger partial charge in [0.1, 0.15) is 18.0 Å². The van der Waals surface area contributed by atoms with Crippen LogP contribution in [0.15, 0.2) is 36.7 Å². The molecule has 0 saturated carbocycles. The predicted octanol–water partition coefficient (Wildman–Crippen LogP) is 2.58. The van der Waals surface area contributed by atoms with Gasteiger partial charge in [0.05, 0.1) is 18.8 Å². The minimum absolute atomic E-state index is 0.0259. The lowest BCUT2D eigenvalue weighted by molar-refractivity contribution is -0.139. The van der Waals surface area contributed by atoms with Crippen LogP contribution >= 0.6 is 0 Å². The van der Waals surface area contributed by atoms with Gasteiger partial charge in [0.2, 0.25) is 5.91 Å². The number of amides is 1. The van der Waals surface area contributed by atoms with Gasteiger partial charge >= 0.3 is 0 Å². The van der Waals surface area contributed by atoms with Crippen LogP contribution in [0.25, 0.3) is 0 Å². The number of carbonyl (C=O) groups excluding carboxylic acids is 1. The van der Waals surface area contributed by atoms with Gasteiger partial charge in [-0.15, -0.1) is 0 Å². The van der Waals surface area contributed by atoms with Crippen LogP contribution in [-0.2, 0) is 9.53 Å². The Morgan fingerprint density at radius 2 is 2.29 bits per heavy atom. The van der Waals surface area contributed by atoms with Crippen LogP contribution in [-0.4, -0.2) is 47.2 Å². The second-order valence-corrected chi connectivity index (χ2v) is 6.86. The minimum atomic E-state index is -0.109. The van der Waals surface area contributed by atoms with Crippen LogP contribution in [0.5, 0.6) is 5.75 Å². The number of ether oxygens (including phenoxy) is 2. The zero-order valence-corrected chi connectivity index (χ0v) is 13.8. The lowest BCUT2D eigenvalue weighted by Gasteiger charge is -2.33. The molecule has 3 aliphatic rings. The number of pyridine rings is 1. The maximum atomic E-state index is 13.0. The molecule has 0 radical (unpaired) electrons. The molecule has 0 spiro atoms. The third-order valence-corrected chi connectivity index (χ3v) is 5.30. The van der Waals surface area contributed by atoms with Crippen LogP contribution in [0.3, 0.4) is 0 Å². The van der Waals surface area contributed by atoms with Gasteiger partial charge in [-0.1, -0.05) is 12.2 Å². The monoisotopic (exact) mass is 328 g/mol. The van der Waals surface area contributed by atoms with Gasteiger partial charge in [0.15, 0.2) is 0 Å². The van der Waals surface area contributed by atoms with Crippen molar-refractivity contribution >= 4 is 5.91 Å². The molecular weight excluding hydrogens is 304 g/mol. The fourth-order valence-corrected chi connectivity index (χ4v) is 4.11. The van der Waals surface area contributed by atoms with Crippen molar-refractivity contribution < 1.29 is 14.3 Å². The van der Waals surface area contributed by atoms with E-state index in [2.05, 4.69) is 17.1 Å². The first-order valence-corrected chi connectivity index (χ1v) is 8.96. The normalized spacial score (nSPS) is 32.4. The van der Waals surface area contributed by atoms with Crippen molar-refractivity contribution in [1.29, 1.82) is 0 Å². The number of hydrogen-bond donors (Lipinski definition) is 0. The zero-order valence-electron chi connectivity index (χ0n) is 13.8. The molecule has 1 unspecified atom stereocenters. The lowest BCUT2D eigenvalue weighted by Crippen LogP contribution is -2.46. The number of nitrogens with zero attached hydrogens (tertiary/aromatic N) is 2. The number of hydrogen-bond acceptors (Lipinski definition) is 4. The van der Waals surface area contributed by atoms with Crippen LogP contribution in [0.4, 0.5) is 0 Å². The minimum Gasteiger partial charge on any atom is -0.484 e. The third-order valence-electron chi connectivity index (χ3n) is 5.30. The summed E-state index contributed by atoms with van der Waals surface area (Å²) in [6.07, 6.45) is 12.5. The number of fused-ring (bicyclic) bond motifs is 1. The first-order valence-electron chi connectivity index (χ1n) is 8.96. The number of likely N-dealkylation sites (tertiary alicyclic amines) is 1. The van der Waals surface area contributed by atoms with Crippen molar-refractivity contribution in [3.63, 3.8) is 0 Å². The highest BCUT2D eigenvalue weighted by atomic mass is 16.5. The van der Waals surface area contributed by atoms with Gasteiger partial charge < -0.3 is 14.4 Å². The van der Waals surface area contributed by atoms with Crippen molar-refractivity contribution in [3.05, 3.63) is 36.7 Å². The van der Waals surface area contributed by atoms with Crippen LogP contribution in [0, 0.1) is 5.92 Å². The molecule has 2 saturated heterocycles. The molecule has 1 amide bonds. The smallest absolute Gasteiger partial charge is 0.226 e. The Labute approximate surface area is 142 Å². The molecule has 0 bridgehead atoms. The zero-order chi connectivity index (χ0) is 16.4. The molecule has 0 aromatic carbocycles. The molecular formula is C19H24N2O3. The second kappa shape index (κ2) is 6.93. The first kappa shape index (κ1) is 15.6. The van der Waals surface area contributed by atoms with Crippen LogP contribution < -0.4 is 4.74 Å². The standard InChI is InChI=1S/C19H24N2O3/c22-19(14-6-2-1-3-7-14)21-13-17(18-16(21)9-5-11-23-18)24-15-8-4-10-20-12-15/h1-2,4,8,10,12,14,16-18H,3,5-7,9,11,13H2/t14?,16-,17-,18+/m1/s1. The van der Waals surface area contributed by atoms with Gasteiger partial charge in [0.25, 0.3) is 0 Å². The van der Waals surface area contributed by atoms with E-state index in [9.17, 15) is 4.79 Å². The van der Waals surface area contributed by atoms with E-state index in [4.69, 9.17) is 9.47 Å². The second-order valence-electron chi connectivity index (χ2n) is 6.86. The van der Waals surface area contributed by atoms with E-state index < -0.39 is 0 Å². The molecule has 3 heterocycles. The highest BCUT2D eigenvalue weighted by Gasteiger charge is 2.48. The predicted molar refractivity (Wildman–Crippen MR) is 89.6 cm³/mol. The van der Waals surface area contributed by atoms with Crippen LogP contribution in [0.1, 0.15) is 32.1 Å². The summed E-state index contributed by atoms with van der Waals surface area (Å²) in [5.41, 5.74) is 0. The Hall–Kier alpha value is -1.88. The Balaban J connectivity index is 1.50. The summed E-state index contributed by atoms with van der Waals surface area (Å²) in [6, 6.07) is 3.92. The fourth-order valence-electron chi connectivity index (χ4n) is 4.11. The average molecular weight is 328 g/mol. The van der Waals surface area contributed by atoms with Gasteiger partial charge in [-0.2, -0.15) is 0 Å². The molecule has 2 fully saturated rings. The molecule has 128 valence electrons. The largest absolute Gasteiger partial charge is 0.484 e. The molecule has 4 atom stereocenters. The van der Waals surface area contributed by atoms with Crippen molar-refractivity contribution in [2.24, 2.45) is 5.92 Å². The molecule has 0 N–H and O–H groups in total. The quantitative estimate of drug-likeness (QED) is 0.800. The van der Waals surface area contributed by atoms with E-state index in [0.29, 0.717) is 6.54 Å². The maximum absolute atomic E-state index is 13.0. The summed E-state index contributed by atoms with van der Waals surface area (Å²) >= 11 is 0. The molecule has 1 aromatic heterocycles. The summed E-state index contributed by atoms with van der Waals surface area (Å²) in [5, 5.41) is 0. The molecule has 5 nitrogen and oxygen atoms in total. The summed E-state index contributed by atoms with van der Waals surface area (Å²) in [5.74, 6) is 1.14. The van der Waals surface area contributed by atoms with E-state index in [1.165, 1.54) is 0 Å². The number of allylic oxidation sites excluding steroid dienone is 2. The van der Waals surface area contributed by atoms with E-state index in [1.807, 2.05) is 17.0 Å². The summed E-state index contributed by atoms with van der Waals surface area (Å²) in [7, 11) is 0. The fraction of sp³-hybridized carbons (Fsp3) is 0.579.